The summed E-state index contributed by atoms with van der Waals surface area (Å²) < 4.78 is 5.75. The van der Waals surface area contributed by atoms with E-state index < -0.39 is 0 Å². The van der Waals surface area contributed by atoms with Gasteiger partial charge in [-0.3, -0.25) is 4.79 Å². The second-order valence-electron chi connectivity index (χ2n) is 5.61. The maximum atomic E-state index is 11.7. The van der Waals surface area contributed by atoms with Crippen molar-refractivity contribution in [1.82, 2.24) is 10.2 Å². The highest BCUT2D eigenvalue weighted by Crippen LogP contribution is 2.45. The van der Waals surface area contributed by atoms with Crippen LogP contribution in [0.15, 0.2) is 16.4 Å². The van der Waals surface area contributed by atoms with Gasteiger partial charge in [0.15, 0.2) is 0 Å². The summed E-state index contributed by atoms with van der Waals surface area (Å²) in [6.45, 7) is 6.51. The van der Waals surface area contributed by atoms with Crippen molar-refractivity contribution in [3.63, 3.8) is 0 Å². The van der Waals surface area contributed by atoms with E-state index in [9.17, 15) is 4.79 Å². The first-order valence-electron chi connectivity index (χ1n) is 6.59. The molecule has 5 nitrogen and oxygen atoms in total. The third-order valence-corrected chi connectivity index (χ3v) is 3.86. The van der Waals surface area contributed by atoms with E-state index in [-0.39, 0.29) is 11.3 Å². The Balaban J connectivity index is 1.71. The van der Waals surface area contributed by atoms with Crippen LogP contribution < -0.4 is 5.32 Å². The predicted octanol–water partition coefficient (Wildman–Crippen LogP) is 0.531. The summed E-state index contributed by atoms with van der Waals surface area (Å²) in [5.74, 6) is 0.220. The van der Waals surface area contributed by atoms with Crippen molar-refractivity contribution in [3.8, 4) is 0 Å². The lowest BCUT2D eigenvalue weighted by Gasteiger charge is -2.29. The van der Waals surface area contributed by atoms with Crippen molar-refractivity contribution < 1.29 is 9.53 Å². The molecule has 98 valence electrons. The van der Waals surface area contributed by atoms with Crippen molar-refractivity contribution in [2.24, 2.45) is 10.4 Å². The first-order valence-corrected chi connectivity index (χ1v) is 6.59. The van der Waals surface area contributed by atoms with Crippen LogP contribution >= 0.6 is 0 Å². The smallest absolute Gasteiger partial charge is 0.314 e. The molecule has 1 N–H and O–H groups in total. The number of amides is 1. The lowest BCUT2D eigenvalue weighted by atomic mass is 10.2. The zero-order valence-corrected chi connectivity index (χ0v) is 10.7. The van der Waals surface area contributed by atoms with Gasteiger partial charge in [0.25, 0.3) is 0 Å². The molecule has 0 aromatic heterocycles. The van der Waals surface area contributed by atoms with Crippen LogP contribution in [0.3, 0.4) is 0 Å². The van der Waals surface area contributed by atoms with E-state index >= 15 is 0 Å². The first kappa shape index (κ1) is 11.7. The molecule has 1 saturated carbocycles. The van der Waals surface area contributed by atoms with Crippen molar-refractivity contribution >= 4 is 12.1 Å². The van der Waals surface area contributed by atoms with E-state index in [1.165, 1.54) is 12.8 Å². The Morgan fingerprint density at radius 1 is 1.44 bits per heavy atom. The average Bonchev–Trinajstić information content (AvgIpc) is 3.00. The molecule has 0 spiro atoms. The normalized spacial score (nSPS) is 25.8. The molecule has 3 aliphatic rings. The Morgan fingerprint density at radius 2 is 2.17 bits per heavy atom. The lowest BCUT2D eigenvalue weighted by molar-refractivity contribution is -0.117. The van der Waals surface area contributed by atoms with Gasteiger partial charge in [-0.25, -0.2) is 4.99 Å². The van der Waals surface area contributed by atoms with Crippen LogP contribution in [-0.4, -0.2) is 49.8 Å². The minimum atomic E-state index is -0.229. The SMILES string of the molecule is CC1(COC2=C(N3CCNCC3)C=NC2=O)CC1. The maximum Gasteiger partial charge on any atom is 0.314 e. The fourth-order valence-corrected chi connectivity index (χ4v) is 2.22. The molecule has 18 heavy (non-hydrogen) atoms. The van der Waals surface area contributed by atoms with Crippen LogP contribution in [0.25, 0.3) is 0 Å². The summed E-state index contributed by atoms with van der Waals surface area (Å²) in [6, 6.07) is 0. The largest absolute Gasteiger partial charge is 0.486 e. The molecule has 0 unspecified atom stereocenters. The van der Waals surface area contributed by atoms with Gasteiger partial charge in [-0.2, -0.15) is 0 Å². The molecule has 0 atom stereocenters. The Labute approximate surface area is 107 Å². The summed E-state index contributed by atoms with van der Waals surface area (Å²) in [5.41, 5.74) is 1.15. The molecule has 1 saturated heterocycles. The molecule has 1 amide bonds. The van der Waals surface area contributed by atoms with Crippen LogP contribution in [0.1, 0.15) is 19.8 Å². The van der Waals surface area contributed by atoms with E-state index in [2.05, 4.69) is 22.1 Å². The van der Waals surface area contributed by atoms with E-state index in [1.807, 2.05) is 0 Å². The molecular formula is C13H19N3O2. The van der Waals surface area contributed by atoms with Crippen molar-refractivity contribution in [2.45, 2.75) is 19.8 Å². The second kappa shape index (κ2) is 4.39. The third-order valence-electron chi connectivity index (χ3n) is 3.86. The Kier molecular flexibility index (Phi) is 2.86. The summed E-state index contributed by atoms with van der Waals surface area (Å²) in [4.78, 5) is 17.8. The molecule has 0 bridgehead atoms. The topological polar surface area (TPSA) is 53.9 Å². The summed E-state index contributed by atoms with van der Waals surface area (Å²) >= 11 is 0. The molecule has 3 rings (SSSR count). The van der Waals surface area contributed by atoms with Crippen molar-refractivity contribution in [3.05, 3.63) is 11.5 Å². The van der Waals surface area contributed by atoms with Gasteiger partial charge in [-0.05, 0) is 12.8 Å². The number of carbonyl (C=O) groups is 1. The molecule has 0 aromatic carbocycles. The number of nitrogens with one attached hydrogen (secondary N) is 1. The number of nitrogens with zero attached hydrogens (tertiary/aromatic N) is 2. The number of hydrogen-bond donors (Lipinski definition) is 1. The highest BCUT2D eigenvalue weighted by atomic mass is 16.5. The predicted molar refractivity (Wildman–Crippen MR) is 68.3 cm³/mol. The number of ether oxygens (including phenoxy) is 1. The van der Waals surface area contributed by atoms with Gasteiger partial charge in [0.2, 0.25) is 5.76 Å². The van der Waals surface area contributed by atoms with Crippen LogP contribution in [-0.2, 0) is 9.53 Å². The van der Waals surface area contributed by atoms with E-state index in [1.54, 1.807) is 6.21 Å². The van der Waals surface area contributed by atoms with Gasteiger partial charge in [0, 0.05) is 31.6 Å². The molecule has 2 aliphatic heterocycles. The highest BCUT2D eigenvalue weighted by Gasteiger charge is 2.39. The van der Waals surface area contributed by atoms with E-state index in [0.717, 1.165) is 31.9 Å². The van der Waals surface area contributed by atoms with E-state index in [4.69, 9.17) is 4.74 Å². The average molecular weight is 249 g/mol. The minimum absolute atomic E-state index is 0.229. The van der Waals surface area contributed by atoms with Gasteiger partial charge >= 0.3 is 5.91 Å². The highest BCUT2D eigenvalue weighted by molar-refractivity contribution is 6.09. The molecule has 5 heteroatoms. The van der Waals surface area contributed by atoms with Gasteiger partial charge < -0.3 is 15.0 Å². The fraction of sp³-hybridized carbons (Fsp3) is 0.692. The third kappa shape index (κ3) is 2.27. The van der Waals surface area contributed by atoms with E-state index in [0.29, 0.717) is 12.4 Å². The number of carbonyl (C=O) groups excluding carboxylic acids is 1. The fourth-order valence-electron chi connectivity index (χ4n) is 2.22. The first-order chi connectivity index (χ1) is 8.68. The molecule has 1 aliphatic carbocycles. The number of piperazine rings is 1. The molecular weight excluding hydrogens is 230 g/mol. The van der Waals surface area contributed by atoms with Gasteiger partial charge in [-0.15, -0.1) is 0 Å². The number of allylic oxidation sites excluding steroid dienone is 1. The molecule has 2 heterocycles. The molecule has 0 aromatic rings. The Morgan fingerprint density at radius 3 is 2.83 bits per heavy atom. The zero-order valence-electron chi connectivity index (χ0n) is 10.7. The monoisotopic (exact) mass is 249 g/mol. The number of aliphatic imine (C=N–C) groups is 1. The van der Waals surface area contributed by atoms with Crippen LogP contribution in [0, 0.1) is 5.41 Å². The van der Waals surface area contributed by atoms with Crippen LogP contribution in [0.4, 0.5) is 0 Å². The quantitative estimate of drug-likeness (QED) is 0.789. The second-order valence-corrected chi connectivity index (χ2v) is 5.61. The van der Waals surface area contributed by atoms with Gasteiger partial charge in [0.1, 0.15) is 5.70 Å². The number of hydrogen-bond acceptors (Lipinski definition) is 4. The minimum Gasteiger partial charge on any atom is -0.486 e. The standard InChI is InChI=1S/C13H19N3O2/c1-13(2-3-13)9-18-11-10(8-15-12(11)17)16-6-4-14-5-7-16/h8,14H,2-7,9H2,1H3. The molecule has 0 radical (unpaired) electrons. The summed E-state index contributed by atoms with van der Waals surface area (Å²) in [6.07, 6.45) is 4.04. The van der Waals surface area contributed by atoms with Gasteiger partial charge in [-0.1, -0.05) is 6.92 Å². The summed E-state index contributed by atoms with van der Waals surface area (Å²) in [5, 5.41) is 3.30. The zero-order chi connectivity index (χ0) is 12.6. The van der Waals surface area contributed by atoms with Crippen LogP contribution in [0.5, 0.6) is 0 Å². The Bertz CT molecular complexity index is 418. The summed E-state index contributed by atoms with van der Waals surface area (Å²) in [7, 11) is 0. The van der Waals surface area contributed by atoms with Crippen molar-refractivity contribution in [2.75, 3.05) is 32.8 Å². The molecule has 2 fully saturated rings. The Hall–Kier alpha value is -1.36. The maximum absolute atomic E-state index is 11.7. The number of rotatable bonds is 4. The lowest BCUT2D eigenvalue weighted by Crippen LogP contribution is -2.43. The van der Waals surface area contributed by atoms with Crippen LogP contribution in [0.2, 0.25) is 0 Å². The van der Waals surface area contributed by atoms with Gasteiger partial charge in [0.05, 0.1) is 12.8 Å². The van der Waals surface area contributed by atoms with Crippen molar-refractivity contribution in [1.29, 1.82) is 0 Å².